The van der Waals surface area contributed by atoms with Crippen molar-refractivity contribution in [1.82, 2.24) is 10.9 Å². The van der Waals surface area contributed by atoms with E-state index in [9.17, 15) is 9.59 Å². The van der Waals surface area contributed by atoms with Gasteiger partial charge < -0.3 is 0 Å². The number of hydrogen-bond donors (Lipinski definition) is 2. The molecule has 5 heteroatoms. The third-order valence-electron chi connectivity index (χ3n) is 3.64. The molecule has 124 valence electrons. The first-order chi connectivity index (χ1) is 12.1. The van der Waals surface area contributed by atoms with Crippen molar-refractivity contribution in [2.24, 2.45) is 0 Å². The van der Waals surface area contributed by atoms with Crippen LogP contribution in [0.4, 0.5) is 0 Å². The highest BCUT2D eigenvalue weighted by atomic mass is 79.9. The zero-order valence-electron chi connectivity index (χ0n) is 13.2. The van der Waals surface area contributed by atoms with Crippen molar-refractivity contribution in [3.63, 3.8) is 0 Å². The second-order valence-corrected chi connectivity index (χ2v) is 6.27. The van der Waals surface area contributed by atoms with Gasteiger partial charge in [0.2, 0.25) is 0 Å². The Morgan fingerprint density at radius 1 is 0.840 bits per heavy atom. The van der Waals surface area contributed by atoms with E-state index in [0.29, 0.717) is 5.56 Å². The van der Waals surface area contributed by atoms with Crippen LogP contribution in [-0.4, -0.2) is 11.8 Å². The van der Waals surface area contributed by atoms with E-state index < -0.39 is 5.91 Å². The molecular formula is C20H15BrN2O2. The Labute approximate surface area is 153 Å². The van der Waals surface area contributed by atoms with Crippen molar-refractivity contribution in [2.45, 2.75) is 0 Å². The molecule has 0 bridgehead atoms. The molecule has 2 N–H and O–H groups in total. The monoisotopic (exact) mass is 394 g/mol. The number of carbonyl (C=O) groups excluding carboxylic acids is 2. The van der Waals surface area contributed by atoms with E-state index >= 15 is 0 Å². The Bertz CT molecular complexity index is 944. The van der Waals surface area contributed by atoms with Gasteiger partial charge in [-0.15, -0.1) is 0 Å². The van der Waals surface area contributed by atoms with Crippen molar-refractivity contribution in [1.29, 1.82) is 0 Å². The summed E-state index contributed by atoms with van der Waals surface area (Å²) < 4.78 is 0.881. The van der Waals surface area contributed by atoms with Crippen LogP contribution in [0.25, 0.3) is 16.8 Å². The van der Waals surface area contributed by atoms with Gasteiger partial charge in [-0.3, -0.25) is 20.4 Å². The topological polar surface area (TPSA) is 58.2 Å². The molecule has 25 heavy (non-hydrogen) atoms. The number of fused-ring (bicyclic) bond motifs is 1. The molecule has 3 rings (SSSR count). The summed E-state index contributed by atoms with van der Waals surface area (Å²) in [5, 5.41) is 2.17. The third-order valence-corrected chi connectivity index (χ3v) is 4.17. The van der Waals surface area contributed by atoms with Crippen LogP contribution in [0.2, 0.25) is 0 Å². The van der Waals surface area contributed by atoms with Crippen molar-refractivity contribution < 1.29 is 9.59 Å². The largest absolute Gasteiger partial charge is 0.269 e. The number of rotatable bonds is 3. The van der Waals surface area contributed by atoms with Crippen LogP contribution in [0.5, 0.6) is 0 Å². The molecule has 3 aromatic carbocycles. The number of carbonyl (C=O) groups is 2. The lowest BCUT2D eigenvalue weighted by atomic mass is 10.0. The lowest BCUT2D eigenvalue weighted by molar-refractivity contribution is -0.117. The molecule has 0 aliphatic rings. The van der Waals surface area contributed by atoms with Crippen LogP contribution in [0, 0.1) is 0 Å². The summed E-state index contributed by atoms with van der Waals surface area (Å²) in [5.74, 6) is -0.780. The maximum Gasteiger partial charge on any atom is 0.269 e. The predicted octanol–water partition coefficient (Wildman–Crippen LogP) is 4.08. The first-order valence-electron chi connectivity index (χ1n) is 7.65. The summed E-state index contributed by atoms with van der Waals surface area (Å²) in [5.41, 5.74) is 6.16. The molecule has 2 amide bonds. The number of hydrazine groups is 1. The Morgan fingerprint density at radius 2 is 1.56 bits per heavy atom. The molecule has 3 aromatic rings. The van der Waals surface area contributed by atoms with Crippen molar-refractivity contribution >= 4 is 44.6 Å². The first kappa shape index (κ1) is 16.9. The second-order valence-electron chi connectivity index (χ2n) is 5.35. The quantitative estimate of drug-likeness (QED) is 0.519. The van der Waals surface area contributed by atoms with Crippen LogP contribution in [0.3, 0.4) is 0 Å². The van der Waals surface area contributed by atoms with Crippen LogP contribution in [-0.2, 0) is 4.79 Å². The minimum atomic E-state index is -0.404. The van der Waals surface area contributed by atoms with Gasteiger partial charge in [0.15, 0.2) is 0 Å². The molecule has 0 heterocycles. The average molecular weight is 395 g/mol. The minimum absolute atomic E-state index is 0.376. The maximum atomic E-state index is 11.9. The molecule has 0 saturated carbocycles. The molecule has 0 spiro atoms. The van der Waals surface area contributed by atoms with Gasteiger partial charge in [-0.25, -0.2) is 0 Å². The predicted molar refractivity (Wildman–Crippen MR) is 103 cm³/mol. The number of hydrogen-bond acceptors (Lipinski definition) is 2. The Balaban J connectivity index is 1.63. The Kier molecular flexibility index (Phi) is 5.26. The lowest BCUT2D eigenvalue weighted by Crippen LogP contribution is -2.40. The SMILES string of the molecule is O=C(/C=C/c1cccc2ccccc12)NNC(=O)c1ccc(Br)cc1. The normalized spacial score (nSPS) is 10.8. The summed E-state index contributed by atoms with van der Waals surface area (Å²) in [7, 11) is 0. The van der Waals surface area contributed by atoms with E-state index in [1.165, 1.54) is 6.08 Å². The third kappa shape index (κ3) is 4.33. The van der Waals surface area contributed by atoms with Crippen LogP contribution < -0.4 is 10.9 Å². The Morgan fingerprint density at radius 3 is 2.36 bits per heavy atom. The fraction of sp³-hybridized carbons (Fsp3) is 0. The van der Waals surface area contributed by atoms with Gasteiger partial charge in [-0.1, -0.05) is 58.4 Å². The Hall–Kier alpha value is -2.92. The highest BCUT2D eigenvalue weighted by Gasteiger charge is 2.05. The standard InChI is InChI=1S/C20H15BrN2O2/c21-17-11-8-16(9-12-17)20(25)23-22-19(24)13-10-15-6-3-5-14-4-1-2-7-18(14)15/h1-13H,(H,22,24)(H,23,25)/b13-10+. The molecule has 0 aliphatic heterocycles. The summed E-state index contributed by atoms with van der Waals surface area (Å²) in [6.07, 6.45) is 3.12. The van der Waals surface area contributed by atoms with E-state index in [1.54, 1.807) is 30.3 Å². The number of halogens is 1. The van der Waals surface area contributed by atoms with E-state index in [1.807, 2.05) is 42.5 Å². The molecule has 0 aliphatic carbocycles. The lowest BCUT2D eigenvalue weighted by Gasteiger charge is -2.05. The summed E-state index contributed by atoms with van der Waals surface area (Å²) in [4.78, 5) is 23.9. The smallest absolute Gasteiger partial charge is 0.268 e. The number of nitrogens with one attached hydrogen (secondary N) is 2. The summed E-state index contributed by atoms with van der Waals surface area (Å²) in [6.45, 7) is 0. The molecule has 0 atom stereocenters. The highest BCUT2D eigenvalue weighted by molar-refractivity contribution is 9.10. The van der Waals surface area contributed by atoms with Crippen molar-refractivity contribution in [3.8, 4) is 0 Å². The molecule has 0 fully saturated rings. The average Bonchev–Trinajstić information content (AvgIpc) is 2.65. The van der Waals surface area contributed by atoms with Gasteiger partial charge in [-0.2, -0.15) is 0 Å². The zero-order valence-corrected chi connectivity index (χ0v) is 14.8. The van der Waals surface area contributed by atoms with Crippen molar-refractivity contribution in [2.75, 3.05) is 0 Å². The maximum absolute atomic E-state index is 11.9. The van der Waals surface area contributed by atoms with E-state index in [4.69, 9.17) is 0 Å². The molecule has 0 aromatic heterocycles. The molecule has 4 nitrogen and oxygen atoms in total. The second kappa shape index (κ2) is 7.77. The van der Waals surface area contributed by atoms with Gasteiger partial charge in [0.25, 0.3) is 11.8 Å². The molecular weight excluding hydrogens is 380 g/mol. The van der Waals surface area contributed by atoms with Gasteiger partial charge >= 0.3 is 0 Å². The fourth-order valence-electron chi connectivity index (χ4n) is 2.39. The van der Waals surface area contributed by atoms with Gasteiger partial charge in [0.1, 0.15) is 0 Å². The molecule has 0 radical (unpaired) electrons. The summed E-state index contributed by atoms with van der Waals surface area (Å²) in [6, 6.07) is 20.7. The van der Waals surface area contributed by atoms with Gasteiger partial charge in [0.05, 0.1) is 0 Å². The highest BCUT2D eigenvalue weighted by Crippen LogP contribution is 2.19. The summed E-state index contributed by atoms with van der Waals surface area (Å²) >= 11 is 3.31. The van der Waals surface area contributed by atoms with Gasteiger partial charge in [0, 0.05) is 16.1 Å². The van der Waals surface area contributed by atoms with E-state index in [-0.39, 0.29) is 5.91 Å². The first-order valence-corrected chi connectivity index (χ1v) is 8.44. The van der Waals surface area contributed by atoms with E-state index in [2.05, 4.69) is 26.8 Å². The van der Waals surface area contributed by atoms with Crippen LogP contribution >= 0.6 is 15.9 Å². The fourth-order valence-corrected chi connectivity index (χ4v) is 2.66. The minimum Gasteiger partial charge on any atom is -0.268 e. The van der Waals surface area contributed by atoms with Crippen molar-refractivity contribution in [3.05, 3.63) is 88.4 Å². The molecule has 0 unspecified atom stereocenters. The molecule has 0 saturated heterocycles. The number of benzene rings is 3. The van der Waals surface area contributed by atoms with Crippen LogP contribution in [0.15, 0.2) is 77.3 Å². The van der Waals surface area contributed by atoms with Crippen LogP contribution in [0.1, 0.15) is 15.9 Å². The number of amides is 2. The van der Waals surface area contributed by atoms with E-state index in [0.717, 1.165) is 20.8 Å². The van der Waals surface area contributed by atoms with Gasteiger partial charge in [-0.05, 0) is 46.7 Å². The zero-order chi connectivity index (χ0) is 17.6.